The molecule has 0 N–H and O–H groups in total. The van der Waals surface area contributed by atoms with Gasteiger partial charge < -0.3 is 0 Å². The number of rotatable bonds is 0. The van der Waals surface area contributed by atoms with Crippen molar-refractivity contribution in [3.8, 4) is 0 Å². The highest BCUT2D eigenvalue weighted by atomic mass is 35.7. The zero-order valence-electron chi connectivity index (χ0n) is 5.94. The first-order valence-corrected chi connectivity index (χ1v) is 7.57. The molecule has 0 fully saturated rings. The van der Waals surface area contributed by atoms with Crippen LogP contribution in [0.3, 0.4) is 0 Å². The van der Waals surface area contributed by atoms with E-state index in [0.29, 0.717) is 0 Å². The van der Waals surface area contributed by atoms with Crippen LogP contribution in [0.15, 0.2) is 5.10 Å². The summed E-state index contributed by atoms with van der Waals surface area (Å²) in [6, 6.07) is 0. The Morgan fingerprint density at radius 1 is 1.91 bits per heavy atom. The van der Waals surface area contributed by atoms with Gasteiger partial charge in [0.25, 0.3) is 0 Å². The molecular formula is C4H6ClN2OPS2. The van der Waals surface area contributed by atoms with Gasteiger partial charge in [0.1, 0.15) is 0 Å². The topological polar surface area (TPSA) is 32.7 Å². The van der Waals surface area contributed by atoms with Gasteiger partial charge >= 0.3 is 0 Å². The average Bonchev–Trinajstić information content (AvgIpc) is 2.30. The molecule has 3 nitrogen and oxygen atoms in total. The Labute approximate surface area is 79.3 Å². The van der Waals surface area contributed by atoms with Gasteiger partial charge in [0.05, 0.1) is 0 Å². The van der Waals surface area contributed by atoms with Crippen molar-refractivity contribution in [1.29, 1.82) is 0 Å². The van der Waals surface area contributed by atoms with Crippen molar-refractivity contribution in [2.24, 2.45) is 5.10 Å². The summed E-state index contributed by atoms with van der Waals surface area (Å²) in [4.78, 5) is 10.8. The third-order valence-corrected chi connectivity index (χ3v) is 6.03. The molecule has 0 aromatic heterocycles. The fourth-order valence-corrected chi connectivity index (χ4v) is 5.65. The molecule has 0 saturated heterocycles. The van der Waals surface area contributed by atoms with E-state index in [9.17, 15) is 4.79 Å². The zero-order valence-corrected chi connectivity index (χ0v) is 9.23. The lowest BCUT2D eigenvalue weighted by atomic mass is 10.8. The van der Waals surface area contributed by atoms with Crippen molar-refractivity contribution >= 4 is 51.3 Å². The molecule has 1 aliphatic rings. The maximum Gasteiger partial charge on any atom is 0.244 e. The van der Waals surface area contributed by atoms with E-state index in [2.05, 4.69) is 5.10 Å². The Morgan fingerprint density at radius 2 is 2.55 bits per heavy atom. The maximum atomic E-state index is 10.8. The summed E-state index contributed by atoms with van der Waals surface area (Å²) in [5.74, 6) is -0.0948. The molecule has 0 radical (unpaired) electrons. The summed E-state index contributed by atoms with van der Waals surface area (Å²) in [7, 11) is 0. The van der Waals surface area contributed by atoms with Crippen LogP contribution >= 0.6 is 41.0 Å². The third-order valence-electron chi connectivity index (χ3n) is 0.935. The van der Waals surface area contributed by atoms with E-state index in [-0.39, 0.29) is 5.91 Å². The molecule has 0 bridgehead atoms. The molecule has 0 aromatic rings. The third kappa shape index (κ3) is 2.25. The molecule has 1 unspecified atom stereocenters. The molecule has 0 aliphatic carbocycles. The van der Waals surface area contributed by atoms with Gasteiger partial charge in [-0.1, -0.05) is 11.2 Å². The molecule has 1 aliphatic heterocycles. The molecule has 1 heterocycles. The van der Waals surface area contributed by atoms with Crippen LogP contribution in [0.1, 0.15) is 6.92 Å². The van der Waals surface area contributed by atoms with Gasteiger partial charge in [-0.15, -0.1) is 11.8 Å². The van der Waals surface area contributed by atoms with Gasteiger partial charge in [0.2, 0.25) is 5.91 Å². The molecule has 0 saturated carbocycles. The quantitative estimate of drug-likeness (QED) is 0.598. The highest BCUT2D eigenvalue weighted by molar-refractivity contribution is 8.74. The Bertz CT molecular complexity index is 212. The molecule has 0 spiro atoms. The number of carbonyl (C=O) groups is 1. The first-order valence-electron chi connectivity index (χ1n) is 2.72. The van der Waals surface area contributed by atoms with Gasteiger partial charge in [-0.2, -0.15) is 9.88 Å². The van der Waals surface area contributed by atoms with Gasteiger partial charge in [-0.3, -0.25) is 4.79 Å². The van der Waals surface area contributed by atoms with Crippen LogP contribution in [0.5, 0.6) is 0 Å². The second-order valence-electron chi connectivity index (χ2n) is 1.70. The Balaban J connectivity index is 2.68. The van der Waals surface area contributed by atoms with Crippen molar-refractivity contribution in [2.75, 3.05) is 6.26 Å². The standard InChI is InChI=1S/C4H6ClN2OPS2/c1-3(8)7-6-4(10-2)11-9(7)5/h1-2H3. The lowest BCUT2D eigenvalue weighted by Crippen LogP contribution is -2.11. The number of hydrogen-bond acceptors (Lipinski definition) is 4. The van der Waals surface area contributed by atoms with Crippen molar-refractivity contribution in [3.63, 3.8) is 0 Å². The monoisotopic (exact) mass is 228 g/mol. The Hall–Kier alpha value is 0.560. The average molecular weight is 229 g/mol. The van der Waals surface area contributed by atoms with Crippen LogP contribution in [-0.4, -0.2) is 21.3 Å². The molecule has 11 heavy (non-hydrogen) atoms. The number of hydrazone groups is 1. The summed E-state index contributed by atoms with van der Waals surface area (Å²) >= 11 is 8.81. The second kappa shape index (κ2) is 3.99. The van der Waals surface area contributed by atoms with E-state index in [1.54, 1.807) is 0 Å². The lowest BCUT2D eigenvalue weighted by Gasteiger charge is -2.09. The van der Waals surface area contributed by atoms with E-state index in [1.807, 2.05) is 6.26 Å². The van der Waals surface area contributed by atoms with E-state index >= 15 is 0 Å². The van der Waals surface area contributed by atoms with Crippen LogP contribution in [0.25, 0.3) is 0 Å². The maximum absolute atomic E-state index is 10.8. The van der Waals surface area contributed by atoms with Crippen molar-refractivity contribution in [3.05, 3.63) is 0 Å². The summed E-state index contributed by atoms with van der Waals surface area (Å²) < 4.78 is 2.20. The molecule has 7 heteroatoms. The lowest BCUT2D eigenvalue weighted by molar-refractivity contribution is -0.123. The smallest absolute Gasteiger partial charge is 0.244 e. The molecule has 1 rings (SSSR count). The predicted octanol–water partition coefficient (Wildman–Crippen LogP) is 2.68. The summed E-state index contributed by atoms with van der Waals surface area (Å²) in [6.07, 6.45) is 1.91. The first-order chi connectivity index (χ1) is 5.15. The summed E-state index contributed by atoms with van der Waals surface area (Å²) in [6.45, 7) is 0.498. The minimum absolute atomic E-state index is 0.0948. The summed E-state index contributed by atoms with van der Waals surface area (Å²) in [5.41, 5.74) is 0. The first kappa shape index (κ1) is 9.65. The molecular weight excluding hydrogens is 223 g/mol. The van der Waals surface area contributed by atoms with Gasteiger partial charge in [-0.25, -0.2) is 0 Å². The highest BCUT2D eigenvalue weighted by Crippen LogP contribution is 2.63. The highest BCUT2D eigenvalue weighted by Gasteiger charge is 2.28. The number of amides is 1. The molecule has 0 aromatic carbocycles. The van der Waals surface area contributed by atoms with Gasteiger partial charge in [0, 0.05) is 6.92 Å². The molecule has 1 amide bonds. The zero-order chi connectivity index (χ0) is 8.43. The van der Waals surface area contributed by atoms with E-state index < -0.39 is 6.63 Å². The second-order valence-corrected chi connectivity index (χ2v) is 7.30. The molecule has 62 valence electrons. The number of halogens is 1. The summed E-state index contributed by atoms with van der Waals surface area (Å²) in [5, 5.41) is 4.01. The fourth-order valence-electron chi connectivity index (χ4n) is 0.493. The predicted molar refractivity (Wildman–Crippen MR) is 53.8 cm³/mol. The normalized spacial score (nSPS) is 23.7. The minimum atomic E-state index is -0.965. The number of thioether (sulfide) groups is 1. The van der Waals surface area contributed by atoms with Gasteiger partial charge in [0.15, 0.2) is 11.0 Å². The van der Waals surface area contributed by atoms with Crippen LogP contribution < -0.4 is 0 Å². The van der Waals surface area contributed by atoms with Crippen LogP contribution in [0.4, 0.5) is 0 Å². The Kier molecular flexibility index (Phi) is 3.50. The minimum Gasteiger partial charge on any atom is -0.273 e. The van der Waals surface area contributed by atoms with Crippen LogP contribution in [0, 0.1) is 0 Å². The van der Waals surface area contributed by atoms with Gasteiger partial charge in [-0.05, 0) is 17.6 Å². The number of carbonyl (C=O) groups excluding carboxylic acids is 1. The van der Waals surface area contributed by atoms with Crippen LogP contribution in [-0.2, 0) is 4.79 Å². The number of hydrogen-bond donors (Lipinski definition) is 0. The molecule has 1 atom stereocenters. The van der Waals surface area contributed by atoms with Crippen molar-refractivity contribution < 1.29 is 4.79 Å². The Morgan fingerprint density at radius 3 is 2.82 bits per heavy atom. The fraction of sp³-hybridized carbons (Fsp3) is 0.500. The van der Waals surface area contributed by atoms with E-state index in [4.69, 9.17) is 11.2 Å². The number of nitrogens with zero attached hydrogens (tertiary/aromatic N) is 2. The van der Waals surface area contributed by atoms with E-state index in [0.717, 1.165) is 4.38 Å². The van der Waals surface area contributed by atoms with Crippen molar-refractivity contribution in [1.82, 2.24) is 4.78 Å². The largest absolute Gasteiger partial charge is 0.273 e. The van der Waals surface area contributed by atoms with E-state index in [1.165, 1.54) is 34.8 Å². The SMILES string of the molecule is CSC1=NN(C(C)=O)P(Cl)S1. The van der Waals surface area contributed by atoms with Crippen molar-refractivity contribution in [2.45, 2.75) is 6.92 Å². The van der Waals surface area contributed by atoms with Crippen LogP contribution in [0.2, 0.25) is 0 Å².